The summed E-state index contributed by atoms with van der Waals surface area (Å²) in [5, 5.41) is 21.4. The van der Waals surface area contributed by atoms with Crippen molar-refractivity contribution < 1.29 is 9.53 Å². The number of rotatable bonds is 6. The summed E-state index contributed by atoms with van der Waals surface area (Å²) in [4.78, 5) is 5.36. The number of nitrogens with zero attached hydrogens (tertiary/aromatic N) is 2. The average molecular weight is 531 g/mol. The van der Waals surface area contributed by atoms with E-state index in [1.807, 2.05) is 12.1 Å². The molecule has 5 heteroatoms. The molecule has 0 spiro atoms. The Bertz CT molecular complexity index is 1250. The average Bonchev–Trinajstić information content (AvgIpc) is 3.35. The van der Waals surface area contributed by atoms with E-state index in [1.54, 1.807) is 12.1 Å². The lowest BCUT2D eigenvalue weighted by Gasteiger charge is -2.45. The van der Waals surface area contributed by atoms with Crippen LogP contribution in [0.5, 0.6) is 0 Å². The highest BCUT2D eigenvalue weighted by molar-refractivity contribution is 6.74. The van der Waals surface area contributed by atoms with Crippen LogP contribution in [0, 0.1) is 16.7 Å². The molecule has 2 aliphatic rings. The number of aliphatic hydroxyl groups excluding tert-OH is 1. The van der Waals surface area contributed by atoms with Gasteiger partial charge in [-0.3, -0.25) is 4.98 Å². The van der Waals surface area contributed by atoms with Crippen molar-refractivity contribution in [2.24, 2.45) is 5.41 Å². The van der Waals surface area contributed by atoms with Gasteiger partial charge in [0.15, 0.2) is 8.32 Å². The van der Waals surface area contributed by atoms with Crippen LogP contribution in [0.4, 0.5) is 0 Å². The molecule has 204 valence electrons. The van der Waals surface area contributed by atoms with Crippen molar-refractivity contribution in [2.45, 2.75) is 116 Å². The molecule has 0 saturated carbocycles. The predicted octanol–water partition coefficient (Wildman–Crippen LogP) is 8.63. The zero-order chi connectivity index (χ0) is 28.0. The number of fused-ring (bicyclic) bond motifs is 1. The molecule has 1 heterocycles. The molecular formula is C33H46N2O2Si. The van der Waals surface area contributed by atoms with E-state index in [2.05, 4.69) is 79.8 Å². The molecule has 4 rings (SSSR count). The summed E-state index contributed by atoms with van der Waals surface area (Å²) in [6.07, 6.45) is 7.70. The molecule has 0 saturated heterocycles. The molecule has 0 aliphatic heterocycles. The number of aliphatic hydroxyl groups is 1. The number of aromatic nitrogens is 1. The standard InChI is InChI=1S/C33H46N2O2Si/c1-21(2)30-29(31(36)24-16-14-22(20-34)15-17-24)27(23-12-10-11-13-23)28-25(35-30)18-33(6,7)19-26(28)37-38(8,9)32(3,4)5/h10,12,14-17,21,23,26,31,36H,11,13,18-19H2,1-9H3/t23?,26?,31-/m1/s1. The summed E-state index contributed by atoms with van der Waals surface area (Å²) in [5.74, 6) is 0.399. The summed E-state index contributed by atoms with van der Waals surface area (Å²) in [7, 11) is -2.08. The minimum Gasteiger partial charge on any atom is -0.410 e. The largest absolute Gasteiger partial charge is 0.410 e. The highest BCUT2D eigenvalue weighted by Crippen LogP contribution is 2.52. The Kier molecular flexibility index (Phi) is 7.84. The lowest BCUT2D eigenvalue weighted by Crippen LogP contribution is -2.44. The molecule has 38 heavy (non-hydrogen) atoms. The Balaban J connectivity index is 2.00. The van der Waals surface area contributed by atoms with Gasteiger partial charge in [0.25, 0.3) is 0 Å². The van der Waals surface area contributed by atoms with Gasteiger partial charge in [-0.15, -0.1) is 0 Å². The van der Waals surface area contributed by atoms with Crippen LogP contribution in [0.15, 0.2) is 36.4 Å². The molecule has 0 bridgehead atoms. The Morgan fingerprint density at radius 3 is 2.32 bits per heavy atom. The molecule has 0 amide bonds. The van der Waals surface area contributed by atoms with E-state index in [0.717, 1.165) is 48.2 Å². The van der Waals surface area contributed by atoms with Crippen LogP contribution in [0.25, 0.3) is 0 Å². The number of benzene rings is 1. The summed E-state index contributed by atoms with van der Waals surface area (Å²) < 4.78 is 7.23. The molecule has 0 radical (unpaired) electrons. The van der Waals surface area contributed by atoms with Crippen molar-refractivity contribution in [3.63, 3.8) is 0 Å². The van der Waals surface area contributed by atoms with E-state index < -0.39 is 14.4 Å². The van der Waals surface area contributed by atoms with Crippen molar-refractivity contribution in [1.29, 1.82) is 5.26 Å². The number of allylic oxidation sites excluding steroid dienone is 2. The second-order valence-electron chi connectivity index (χ2n) is 14.0. The van der Waals surface area contributed by atoms with Crippen LogP contribution in [-0.2, 0) is 10.8 Å². The third kappa shape index (κ3) is 5.55. The first-order valence-corrected chi connectivity index (χ1v) is 17.1. The fraction of sp³-hybridized carbons (Fsp3) is 0.576. The quantitative estimate of drug-likeness (QED) is 0.300. The monoisotopic (exact) mass is 530 g/mol. The van der Waals surface area contributed by atoms with Gasteiger partial charge >= 0.3 is 0 Å². The maximum Gasteiger partial charge on any atom is 0.192 e. The first-order valence-electron chi connectivity index (χ1n) is 14.2. The van der Waals surface area contributed by atoms with Crippen LogP contribution in [0.3, 0.4) is 0 Å². The number of pyridine rings is 1. The van der Waals surface area contributed by atoms with Crippen molar-refractivity contribution in [3.05, 3.63) is 75.6 Å². The van der Waals surface area contributed by atoms with Gasteiger partial charge in [0.2, 0.25) is 0 Å². The third-order valence-corrected chi connectivity index (χ3v) is 13.4. The lowest BCUT2D eigenvalue weighted by atomic mass is 9.70. The van der Waals surface area contributed by atoms with Gasteiger partial charge < -0.3 is 9.53 Å². The highest BCUT2D eigenvalue weighted by Gasteiger charge is 2.45. The van der Waals surface area contributed by atoms with Gasteiger partial charge in [0.1, 0.15) is 6.10 Å². The van der Waals surface area contributed by atoms with E-state index in [0.29, 0.717) is 5.56 Å². The molecule has 1 aromatic carbocycles. The Hall–Kier alpha value is -2.26. The van der Waals surface area contributed by atoms with Crippen LogP contribution < -0.4 is 0 Å². The van der Waals surface area contributed by atoms with Crippen molar-refractivity contribution in [3.8, 4) is 6.07 Å². The van der Waals surface area contributed by atoms with Crippen molar-refractivity contribution >= 4 is 8.32 Å². The number of nitriles is 1. The first-order chi connectivity index (χ1) is 17.6. The van der Waals surface area contributed by atoms with Crippen LogP contribution in [0.2, 0.25) is 18.1 Å². The van der Waals surface area contributed by atoms with Gasteiger partial charge in [-0.25, -0.2) is 0 Å². The Morgan fingerprint density at radius 2 is 1.79 bits per heavy atom. The van der Waals surface area contributed by atoms with E-state index in [9.17, 15) is 10.4 Å². The highest BCUT2D eigenvalue weighted by atomic mass is 28.4. The Labute approximate surface area is 231 Å². The molecule has 0 fully saturated rings. The van der Waals surface area contributed by atoms with Gasteiger partial charge in [-0.2, -0.15) is 5.26 Å². The maximum atomic E-state index is 12.0. The maximum absolute atomic E-state index is 12.0. The summed E-state index contributed by atoms with van der Waals surface area (Å²) in [6.45, 7) is 20.6. The molecule has 1 N–H and O–H groups in total. The van der Waals surface area contributed by atoms with Crippen molar-refractivity contribution in [1.82, 2.24) is 4.98 Å². The van der Waals surface area contributed by atoms with E-state index in [1.165, 1.54) is 11.1 Å². The second kappa shape index (κ2) is 10.4. The summed E-state index contributed by atoms with van der Waals surface area (Å²) in [6, 6.07) is 9.54. The normalized spacial score (nSPS) is 21.8. The van der Waals surface area contributed by atoms with E-state index >= 15 is 0 Å². The minimum absolute atomic E-state index is 0.0423. The molecule has 1 aromatic heterocycles. The zero-order valence-electron chi connectivity index (χ0n) is 24.9. The van der Waals surface area contributed by atoms with E-state index in [4.69, 9.17) is 9.41 Å². The lowest BCUT2D eigenvalue weighted by molar-refractivity contribution is 0.104. The summed E-state index contributed by atoms with van der Waals surface area (Å²) >= 11 is 0. The molecular weight excluding hydrogens is 484 g/mol. The second-order valence-corrected chi connectivity index (χ2v) is 18.8. The van der Waals surface area contributed by atoms with Crippen LogP contribution >= 0.6 is 0 Å². The SMILES string of the molecule is CC(C)c1nc2c(c(C3C=CCC3)c1[C@H](O)c1ccc(C#N)cc1)C(O[Si](C)(C)C(C)(C)C)CC(C)(C)C2. The first kappa shape index (κ1) is 28.7. The van der Waals surface area contributed by atoms with Gasteiger partial charge in [0.05, 0.1) is 17.7 Å². The molecule has 4 nitrogen and oxygen atoms in total. The fourth-order valence-corrected chi connectivity index (χ4v) is 7.13. The van der Waals surface area contributed by atoms with Gasteiger partial charge in [-0.1, -0.05) is 72.8 Å². The van der Waals surface area contributed by atoms with Gasteiger partial charge in [0, 0.05) is 28.4 Å². The molecule has 2 unspecified atom stereocenters. The molecule has 2 aliphatic carbocycles. The smallest absolute Gasteiger partial charge is 0.192 e. The molecule has 2 aromatic rings. The number of hydrogen-bond acceptors (Lipinski definition) is 4. The van der Waals surface area contributed by atoms with Crippen LogP contribution in [0.1, 0.15) is 131 Å². The van der Waals surface area contributed by atoms with Crippen molar-refractivity contribution in [2.75, 3.05) is 0 Å². The number of hydrogen-bond donors (Lipinski definition) is 1. The van der Waals surface area contributed by atoms with Crippen LogP contribution in [-0.4, -0.2) is 18.4 Å². The summed E-state index contributed by atoms with van der Waals surface area (Å²) in [5.41, 5.74) is 7.04. The predicted molar refractivity (Wildman–Crippen MR) is 158 cm³/mol. The zero-order valence-corrected chi connectivity index (χ0v) is 25.9. The molecule has 3 atom stereocenters. The third-order valence-electron chi connectivity index (χ3n) is 8.93. The fourth-order valence-electron chi connectivity index (χ4n) is 5.87. The van der Waals surface area contributed by atoms with Gasteiger partial charge in [-0.05, 0) is 78.4 Å². The van der Waals surface area contributed by atoms with E-state index in [-0.39, 0.29) is 28.4 Å². The minimum atomic E-state index is -2.08. The Morgan fingerprint density at radius 1 is 1.13 bits per heavy atom. The topological polar surface area (TPSA) is 66.1 Å².